The topological polar surface area (TPSA) is 57.2 Å². The molecule has 0 aliphatic carbocycles. The highest BCUT2D eigenvalue weighted by Crippen LogP contribution is 2.17. The summed E-state index contributed by atoms with van der Waals surface area (Å²) >= 11 is 3.27. The fourth-order valence-electron chi connectivity index (χ4n) is 3.35. The van der Waals surface area contributed by atoms with Crippen molar-refractivity contribution in [3.63, 3.8) is 0 Å². The van der Waals surface area contributed by atoms with Gasteiger partial charge in [0.2, 0.25) is 0 Å². The molecule has 1 aromatic rings. The Balaban J connectivity index is 1.59. The van der Waals surface area contributed by atoms with Crippen molar-refractivity contribution in [2.24, 2.45) is 4.99 Å². The summed E-state index contributed by atoms with van der Waals surface area (Å²) in [5.41, 5.74) is 0.556. The molecule has 0 bridgehead atoms. The lowest BCUT2D eigenvalue weighted by Gasteiger charge is -2.37. The van der Waals surface area contributed by atoms with Gasteiger partial charge in [0.05, 0.1) is 6.54 Å². The fraction of sp³-hybridized carbons (Fsp3) is 0.579. The smallest absolute Gasteiger partial charge is 0.251 e. The van der Waals surface area contributed by atoms with E-state index < -0.39 is 0 Å². The maximum atomic E-state index is 14.0. The van der Waals surface area contributed by atoms with Crippen molar-refractivity contribution in [1.29, 1.82) is 0 Å². The summed E-state index contributed by atoms with van der Waals surface area (Å²) in [7, 11) is 0. The number of halogens is 2. The van der Waals surface area contributed by atoms with Gasteiger partial charge in [-0.2, -0.15) is 0 Å². The van der Waals surface area contributed by atoms with Gasteiger partial charge in [-0.05, 0) is 31.9 Å². The van der Waals surface area contributed by atoms with Crippen LogP contribution in [0, 0.1) is 5.82 Å². The second-order valence-corrected chi connectivity index (χ2v) is 7.64. The molecule has 8 heteroatoms. The number of hydrogen-bond acceptors (Lipinski definition) is 3. The minimum absolute atomic E-state index is 0.103. The predicted octanol–water partition coefficient (Wildman–Crippen LogP) is 2.38. The molecule has 0 radical (unpaired) electrons. The molecule has 27 heavy (non-hydrogen) atoms. The number of benzene rings is 1. The standard InChI is InChI=1S/C19H26BrFN4O2/c1-2-22-19(23-13-14-5-6-15(20)12-16(14)21)25-9-7-24(8-10-25)18(26)17-4-3-11-27-17/h5-6,12,17H,2-4,7-11,13H2,1H3,(H,22,23). The summed E-state index contributed by atoms with van der Waals surface area (Å²) in [5.74, 6) is 0.589. The van der Waals surface area contributed by atoms with E-state index >= 15 is 0 Å². The third kappa shape index (κ3) is 5.19. The van der Waals surface area contributed by atoms with Crippen LogP contribution in [-0.4, -0.2) is 67.1 Å². The van der Waals surface area contributed by atoms with E-state index in [2.05, 4.69) is 31.1 Å². The van der Waals surface area contributed by atoms with Crippen molar-refractivity contribution in [2.75, 3.05) is 39.3 Å². The molecule has 1 aromatic carbocycles. The zero-order valence-electron chi connectivity index (χ0n) is 15.6. The number of rotatable bonds is 4. The molecule has 0 aromatic heterocycles. The number of nitrogens with zero attached hydrogens (tertiary/aromatic N) is 3. The van der Waals surface area contributed by atoms with Gasteiger partial charge >= 0.3 is 0 Å². The lowest BCUT2D eigenvalue weighted by atomic mass is 10.2. The average molecular weight is 441 g/mol. The molecular weight excluding hydrogens is 415 g/mol. The van der Waals surface area contributed by atoms with Crippen molar-refractivity contribution >= 4 is 27.8 Å². The summed E-state index contributed by atoms with van der Waals surface area (Å²) < 4.78 is 20.3. The number of guanidine groups is 1. The van der Waals surface area contributed by atoms with E-state index in [1.807, 2.05) is 17.9 Å². The molecule has 2 fully saturated rings. The number of aliphatic imine (C=N–C) groups is 1. The van der Waals surface area contributed by atoms with Crippen LogP contribution in [-0.2, 0) is 16.1 Å². The zero-order valence-corrected chi connectivity index (χ0v) is 17.2. The van der Waals surface area contributed by atoms with Crippen LogP contribution in [0.5, 0.6) is 0 Å². The van der Waals surface area contributed by atoms with Crippen LogP contribution in [0.4, 0.5) is 4.39 Å². The third-order valence-electron chi connectivity index (χ3n) is 4.85. The van der Waals surface area contributed by atoms with Crippen LogP contribution in [0.3, 0.4) is 0 Å². The van der Waals surface area contributed by atoms with Gasteiger partial charge in [-0.15, -0.1) is 0 Å². The molecule has 1 atom stereocenters. The quantitative estimate of drug-likeness (QED) is 0.576. The van der Waals surface area contributed by atoms with Gasteiger partial charge in [0.1, 0.15) is 11.9 Å². The second kappa shape index (κ2) is 9.50. The maximum absolute atomic E-state index is 14.0. The van der Waals surface area contributed by atoms with E-state index in [9.17, 15) is 9.18 Å². The van der Waals surface area contributed by atoms with E-state index in [4.69, 9.17) is 4.74 Å². The van der Waals surface area contributed by atoms with Gasteiger partial charge in [0, 0.05) is 49.4 Å². The number of piperazine rings is 1. The number of carbonyl (C=O) groups excluding carboxylic acids is 1. The Labute approximate surface area is 167 Å². The SMILES string of the molecule is CCNC(=NCc1ccc(Br)cc1F)N1CCN(C(=O)C2CCCO2)CC1. The third-order valence-corrected chi connectivity index (χ3v) is 5.34. The van der Waals surface area contributed by atoms with Crippen molar-refractivity contribution in [1.82, 2.24) is 15.1 Å². The molecule has 6 nitrogen and oxygen atoms in total. The van der Waals surface area contributed by atoms with Gasteiger partial charge in [0.15, 0.2) is 5.96 Å². The molecule has 0 saturated carbocycles. The van der Waals surface area contributed by atoms with Crippen LogP contribution in [0.2, 0.25) is 0 Å². The predicted molar refractivity (Wildman–Crippen MR) is 106 cm³/mol. The van der Waals surface area contributed by atoms with Crippen LogP contribution >= 0.6 is 15.9 Å². The van der Waals surface area contributed by atoms with Gasteiger partial charge < -0.3 is 19.9 Å². The van der Waals surface area contributed by atoms with Crippen molar-refractivity contribution in [3.05, 3.63) is 34.1 Å². The molecule has 2 saturated heterocycles. The summed E-state index contributed by atoms with van der Waals surface area (Å²) in [6, 6.07) is 5.01. The number of nitrogens with one attached hydrogen (secondary N) is 1. The summed E-state index contributed by atoms with van der Waals surface area (Å²) in [4.78, 5) is 21.1. The Morgan fingerprint density at radius 2 is 2.07 bits per heavy atom. The van der Waals surface area contributed by atoms with Crippen LogP contribution in [0.1, 0.15) is 25.3 Å². The number of amides is 1. The molecule has 0 spiro atoms. The highest BCUT2D eigenvalue weighted by atomic mass is 79.9. The zero-order chi connectivity index (χ0) is 19.2. The Bertz CT molecular complexity index is 686. The van der Waals surface area contributed by atoms with E-state index in [-0.39, 0.29) is 24.4 Å². The van der Waals surface area contributed by atoms with Gasteiger partial charge in [0.25, 0.3) is 5.91 Å². The largest absolute Gasteiger partial charge is 0.368 e. The first-order valence-corrected chi connectivity index (χ1v) is 10.3. The lowest BCUT2D eigenvalue weighted by molar-refractivity contribution is -0.142. The Hall–Kier alpha value is -1.67. The van der Waals surface area contributed by atoms with Crippen molar-refractivity contribution in [2.45, 2.75) is 32.4 Å². The monoisotopic (exact) mass is 440 g/mol. The van der Waals surface area contributed by atoms with Crippen LogP contribution in [0.15, 0.2) is 27.7 Å². The fourth-order valence-corrected chi connectivity index (χ4v) is 3.68. The molecule has 2 heterocycles. The van der Waals surface area contributed by atoms with Crippen LogP contribution in [0.25, 0.3) is 0 Å². The number of ether oxygens (including phenoxy) is 1. The first kappa shape index (κ1) is 20.1. The average Bonchev–Trinajstić information content (AvgIpc) is 3.21. The lowest BCUT2D eigenvalue weighted by Crippen LogP contribution is -2.55. The molecule has 1 unspecified atom stereocenters. The van der Waals surface area contributed by atoms with Crippen molar-refractivity contribution in [3.8, 4) is 0 Å². The molecule has 2 aliphatic rings. The first-order chi connectivity index (χ1) is 13.1. The maximum Gasteiger partial charge on any atom is 0.251 e. The Morgan fingerprint density at radius 3 is 2.70 bits per heavy atom. The Morgan fingerprint density at radius 1 is 1.33 bits per heavy atom. The van der Waals surface area contributed by atoms with Crippen LogP contribution < -0.4 is 5.32 Å². The van der Waals surface area contributed by atoms with Crippen molar-refractivity contribution < 1.29 is 13.9 Å². The number of carbonyl (C=O) groups is 1. The molecule has 1 amide bonds. The summed E-state index contributed by atoms with van der Waals surface area (Å²) in [6.45, 7) is 6.39. The van der Waals surface area contributed by atoms with E-state index in [0.29, 0.717) is 42.8 Å². The van der Waals surface area contributed by atoms with E-state index in [1.165, 1.54) is 6.07 Å². The minimum Gasteiger partial charge on any atom is -0.368 e. The van der Waals surface area contributed by atoms with E-state index in [1.54, 1.807) is 6.07 Å². The van der Waals surface area contributed by atoms with Gasteiger partial charge in [-0.1, -0.05) is 22.0 Å². The molecule has 148 valence electrons. The molecular formula is C19H26BrFN4O2. The Kier molecular flexibility index (Phi) is 7.07. The molecule has 3 rings (SSSR count). The highest BCUT2D eigenvalue weighted by Gasteiger charge is 2.30. The summed E-state index contributed by atoms with van der Waals surface area (Å²) in [5, 5.41) is 3.27. The normalized spacial score (nSPS) is 20.9. The second-order valence-electron chi connectivity index (χ2n) is 6.72. The van der Waals surface area contributed by atoms with Gasteiger partial charge in [-0.25, -0.2) is 9.38 Å². The highest BCUT2D eigenvalue weighted by molar-refractivity contribution is 9.10. The molecule has 2 aliphatic heterocycles. The molecule has 1 N–H and O–H groups in total. The minimum atomic E-state index is -0.268. The van der Waals surface area contributed by atoms with Gasteiger partial charge in [-0.3, -0.25) is 4.79 Å². The number of hydrogen-bond donors (Lipinski definition) is 1. The first-order valence-electron chi connectivity index (χ1n) is 9.46. The summed E-state index contributed by atoms with van der Waals surface area (Å²) in [6.07, 6.45) is 1.51. The van der Waals surface area contributed by atoms with E-state index in [0.717, 1.165) is 25.3 Å².